The van der Waals surface area contributed by atoms with Gasteiger partial charge in [-0.15, -0.1) is 0 Å². The van der Waals surface area contributed by atoms with Crippen LogP contribution in [-0.4, -0.2) is 46.2 Å². The highest BCUT2D eigenvalue weighted by atomic mass is 19.1. The van der Waals surface area contributed by atoms with Gasteiger partial charge in [-0.2, -0.15) is 9.97 Å². The van der Waals surface area contributed by atoms with Crippen LogP contribution in [0.4, 0.5) is 31.9 Å². The van der Waals surface area contributed by atoms with E-state index in [0.29, 0.717) is 49.8 Å². The van der Waals surface area contributed by atoms with Gasteiger partial charge >= 0.3 is 0 Å². The first-order valence-electron chi connectivity index (χ1n) is 10.2. The molecule has 2 aromatic carbocycles. The van der Waals surface area contributed by atoms with E-state index in [1.807, 2.05) is 30.3 Å². The fraction of sp³-hybridized carbons (Fsp3) is 0.227. The average molecular weight is 437 g/mol. The van der Waals surface area contributed by atoms with Crippen LogP contribution in [0, 0.1) is 11.6 Å². The number of imidazole rings is 1. The van der Waals surface area contributed by atoms with E-state index in [2.05, 4.69) is 30.6 Å². The molecule has 8 nitrogen and oxygen atoms in total. The quantitative estimate of drug-likeness (QED) is 0.422. The zero-order chi connectivity index (χ0) is 21.9. The molecule has 10 heteroatoms. The number of aromatic amines is 1. The van der Waals surface area contributed by atoms with Crippen molar-refractivity contribution in [3.8, 4) is 0 Å². The largest absolute Gasteiger partial charge is 0.378 e. The fourth-order valence-corrected chi connectivity index (χ4v) is 3.65. The number of hydrogen-bond donors (Lipinski definition) is 3. The molecule has 164 valence electrons. The lowest BCUT2D eigenvalue weighted by atomic mass is 10.2. The van der Waals surface area contributed by atoms with Gasteiger partial charge in [0.25, 0.3) is 0 Å². The Morgan fingerprint density at radius 3 is 2.53 bits per heavy atom. The molecule has 3 N–H and O–H groups in total. The minimum atomic E-state index is -0.655. The summed E-state index contributed by atoms with van der Waals surface area (Å²) in [6, 6.07) is 12.3. The van der Waals surface area contributed by atoms with Gasteiger partial charge in [0.15, 0.2) is 23.1 Å². The Hall–Kier alpha value is -3.79. The van der Waals surface area contributed by atoms with E-state index in [4.69, 9.17) is 4.74 Å². The number of nitrogens with one attached hydrogen (secondary N) is 3. The van der Waals surface area contributed by atoms with Crippen molar-refractivity contribution in [2.45, 2.75) is 6.54 Å². The summed E-state index contributed by atoms with van der Waals surface area (Å²) in [7, 11) is 0. The summed E-state index contributed by atoms with van der Waals surface area (Å²) in [6.45, 7) is 2.30. The van der Waals surface area contributed by atoms with Crippen LogP contribution >= 0.6 is 0 Å². The number of H-pyrrole nitrogens is 1. The third kappa shape index (κ3) is 4.17. The minimum Gasteiger partial charge on any atom is -0.378 e. The predicted molar refractivity (Wildman–Crippen MR) is 118 cm³/mol. The van der Waals surface area contributed by atoms with Gasteiger partial charge in [-0.25, -0.2) is 13.8 Å². The first-order chi connectivity index (χ1) is 15.7. The molecule has 0 amide bonds. The molecule has 1 aliphatic heterocycles. The molecule has 1 aliphatic rings. The first-order valence-corrected chi connectivity index (χ1v) is 10.2. The van der Waals surface area contributed by atoms with Crippen molar-refractivity contribution in [1.29, 1.82) is 0 Å². The topological polar surface area (TPSA) is 91.0 Å². The van der Waals surface area contributed by atoms with Crippen molar-refractivity contribution in [2.24, 2.45) is 0 Å². The number of aromatic nitrogens is 4. The minimum absolute atomic E-state index is 0.0484. The number of halogens is 2. The lowest BCUT2D eigenvalue weighted by Gasteiger charge is -2.29. The molecule has 32 heavy (non-hydrogen) atoms. The molecule has 3 heterocycles. The van der Waals surface area contributed by atoms with Crippen molar-refractivity contribution < 1.29 is 13.5 Å². The monoisotopic (exact) mass is 437 g/mol. The maximum atomic E-state index is 14.8. The smallest absolute Gasteiger partial charge is 0.231 e. The van der Waals surface area contributed by atoms with Gasteiger partial charge < -0.3 is 25.3 Å². The van der Waals surface area contributed by atoms with Crippen LogP contribution in [0.25, 0.3) is 11.2 Å². The third-order valence-corrected chi connectivity index (χ3v) is 5.19. The van der Waals surface area contributed by atoms with Crippen molar-refractivity contribution in [1.82, 2.24) is 19.9 Å². The van der Waals surface area contributed by atoms with Gasteiger partial charge in [0.05, 0.1) is 19.5 Å². The van der Waals surface area contributed by atoms with Crippen LogP contribution in [0.15, 0.2) is 48.8 Å². The molecule has 0 atom stereocenters. The van der Waals surface area contributed by atoms with Gasteiger partial charge in [-0.05, 0) is 17.7 Å². The summed E-state index contributed by atoms with van der Waals surface area (Å²) >= 11 is 0. The van der Waals surface area contributed by atoms with Crippen LogP contribution in [0.1, 0.15) is 5.56 Å². The molecular formula is C22H21F2N7O. The molecule has 4 aromatic rings. The van der Waals surface area contributed by atoms with Gasteiger partial charge in [0, 0.05) is 25.3 Å². The summed E-state index contributed by atoms with van der Waals surface area (Å²) in [4.78, 5) is 17.7. The normalized spacial score (nSPS) is 14.0. The number of ether oxygens (including phenoxy) is 1. The lowest BCUT2D eigenvalue weighted by molar-refractivity contribution is 0.122. The first kappa shape index (κ1) is 20.1. The van der Waals surface area contributed by atoms with Crippen molar-refractivity contribution >= 4 is 34.3 Å². The number of anilines is 4. The van der Waals surface area contributed by atoms with E-state index in [1.54, 1.807) is 4.90 Å². The Morgan fingerprint density at radius 1 is 1.03 bits per heavy atom. The molecule has 0 aliphatic carbocycles. The lowest BCUT2D eigenvalue weighted by Crippen LogP contribution is -2.37. The second-order valence-electron chi connectivity index (χ2n) is 7.35. The van der Waals surface area contributed by atoms with Crippen molar-refractivity contribution in [2.75, 3.05) is 41.8 Å². The number of benzene rings is 2. The van der Waals surface area contributed by atoms with Crippen LogP contribution in [0.3, 0.4) is 0 Å². The highest BCUT2D eigenvalue weighted by Gasteiger charge is 2.21. The van der Waals surface area contributed by atoms with Crippen LogP contribution in [-0.2, 0) is 11.3 Å². The molecule has 2 aromatic heterocycles. The maximum absolute atomic E-state index is 14.8. The average Bonchev–Trinajstić information content (AvgIpc) is 3.27. The van der Waals surface area contributed by atoms with E-state index in [1.165, 1.54) is 18.5 Å². The van der Waals surface area contributed by atoms with Gasteiger partial charge in [-0.1, -0.05) is 30.3 Å². The SMILES string of the molecule is Fc1cc(Nc2nc(NCc3ccccc3)c3[nH]cnc3n2)cc(F)c1N1CCOCC1. The number of rotatable bonds is 6. The molecule has 0 spiro atoms. The van der Waals surface area contributed by atoms with E-state index < -0.39 is 11.6 Å². The third-order valence-electron chi connectivity index (χ3n) is 5.19. The molecule has 0 unspecified atom stereocenters. The van der Waals surface area contributed by atoms with Crippen LogP contribution in [0.2, 0.25) is 0 Å². The van der Waals surface area contributed by atoms with E-state index in [-0.39, 0.29) is 17.3 Å². The summed E-state index contributed by atoms with van der Waals surface area (Å²) < 4.78 is 34.8. The Labute approximate surface area is 182 Å². The maximum Gasteiger partial charge on any atom is 0.231 e. The zero-order valence-corrected chi connectivity index (χ0v) is 17.1. The van der Waals surface area contributed by atoms with Crippen molar-refractivity contribution in [3.05, 3.63) is 66.0 Å². The predicted octanol–water partition coefficient (Wildman–Crippen LogP) is 3.82. The van der Waals surface area contributed by atoms with Crippen LogP contribution < -0.4 is 15.5 Å². The van der Waals surface area contributed by atoms with Gasteiger partial charge in [0.2, 0.25) is 5.95 Å². The van der Waals surface area contributed by atoms with Gasteiger partial charge in [0.1, 0.15) is 11.2 Å². The molecule has 0 radical (unpaired) electrons. The van der Waals surface area contributed by atoms with Crippen LogP contribution in [0.5, 0.6) is 0 Å². The summed E-state index contributed by atoms with van der Waals surface area (Å²) in [6.07, 6.45) is 1.52. The fourth-order valence-electron chi connectivity index (χ4n) is 3.65. The standard InChI is InChI=1S/C22H21F2N7O/c23-16-10-15(11-17(24)19(16)31-6-8-32-9-7-31)28-22-29-20(18-21(30-22)27-13-26-18)25-12-14-4-2-1-3-5-14/h1-5,10-11,13H,6-9,12H2,(H3,25,26,27,28,29,30). The zero-order valence-electron chi connectivity index (χ0n) is 17.1. The molecule has 0 bridgehead atoms. The molecule has 5 rings (SSSR count). The Morgan fingerprint density at radius 2 is 1.78 bits per heavy atom. The number of fused-ring (bicyclic) bond motifs is 1. The second-order valence-corrected chi connectivity index (χ2v) is 7.35. The van der Waals surface area contributed by atoms with E-state index in [0.717, 1.165) is 5.56 Å². The number of morpholine rings is 1. The Kier molecular flexibility index (Phi) is 5.51. The molecule has 0 saturated carbocycles. The summed E-state index contributed by atoms with van der Waals surface area (Å²) in [5, 5.41) is 6.16. The highest BCUT2D eigenvalue weighted by Crippen LogP contribution is 2.29. The molecule has 1 saturated heterocycles. The second kappa shape index (κ2) is 8.75. The highest BCUT2D eigenvalue weighted by molar-refractivity contribution is 5.84. The molecule has 1 fully saturated rings. The van der Waals surface area contributed by atoms with E-state index >= 15 is 0 Å². The Balaban J connectivity index is 1.40. The van der Waals surface area contributed by atoms with E-state index in [9.17, 15) is 8.78 Å². The number of nitrogens with zero attached hydrogens (tertiary/aromatic N) is 4. The summed E-state index contributed by atoms with van der Waals surface area (Å²) in [5.41, 5.74) is 2.32. The van der Waals surface area contributed by atoms with Gasteiger partial charge in [-0.3, -0.25) is 0 Å². The van der Waals surface area contributed by atoms with Crippen molar-refractivity contribution in [3.63, 3.8) is 0 Å². The Bertz CT molecular complexity index is 1200. The summed E-state index contributed by atoms with van der Waals surface area (Å²) in [5.74, 6) is -0.599. The molecular weight excluding hydrogens is 416 g/mol. The number of hydrogen-bond acceptors (Lipinski definition) is 7.